The number of hydrogen-bond acceptors (Lipinski definition) is 2. The maximum atomic E-state index is 11.6. The number of hydrogen-bond donors (Lipinski definition) is 2. The van der Waals surface area contributed by atoms with E-state index < -0.39 is 11.9 Å². The lowest BCUT2D eigenvalue weighted by atomic mass is 9.90. The van der Waals surface area contributed by atoms with Crippen LogP contribution in [0.2, 0.25) is 0 Å². The molecule has 0 aliphatic rings. The first kappa shape index (κ1) is 21.1. The highest BCUT2D eigenvalue weighted by Gasteiger charge is 2.14. The van der Waals surface area contributed by atoms with E-state index in [0.29, 0.717) is 12.8 Å². The van der Waals surface area contributed by atoms with Crippen molar-refractivity contribution < 1.29 is 19.8 Å². The Kier molecular flexibility index (Phi) is 6.13. The van der Waals surface area contributed by atoms with E-state index in [1.54, 1.807) is 24.3 Å². The van der Waals surface area contributed by atoms with Crippen molar-refractivity contribution in [3.63, 3.8) is 0 Å². The Balaban J connectivity index is 1.74. The van der Waals surface area contributed by atoms with Crippen molar-refractivity contribution in [1.82, 2.24) is 0 Å². The van der Waals surface area contributed by atoms with E-state index in [0.717, 1.165) is 33.4 Å². The lowest BCUT2D eigenvalue weighted by Crippen LogP contribution is -2.03. The maximum Gasteiger partial charge on any atom is 0.335 e. The van der Waals surface area contributed by atoms with E-state index in [-0.39, 0.29) is 11.1 Å². The molecule has 4 heteroatoms. The lowest BCUT2D eigenvalue weighted by Gasteiger charge is -2.14. The summed E-state index contributed by atoms with van der Waals surface area (Å²) in [6, 6.07) is 30.1. The van der Waals surface area contributed by atoms with Gasteiger partial charge in [-0.2, -0.15) is 0 Å². The number of carbonyl (C=O) groups is 2. The van der Waals surface area contributed by atoms with Crippen LogP contribution in [-0.4, -0.2) is 22.2 Å². The van der Waals surface area contributed by atoms with Crippen LogP contribution in [0.1, 0.15) is 31.8 Å². The molecule has 0 spiro atoms. The first-order valence-electron chi connectivity index (χ1n) is 10.4. The van der Waals surface area contributed by atoms with Gasteiger partial charge in [0.25, 0.3) is 0 Å². The number of aromatic carboxylic acids is 2. The van der Waals surface area contributed by atoms with Crippen molar-refractivity contribution in [1.29, 1.82) is 0 Å². The highest BCUT2D eigenvalue weighted by Crippen LogP contribution is 2.29. The van der Waals surface area contributed by atoms with Crippen LogP contribution < -0.4 is 0 Å². The summed E-state index contributed by atoms with van der Waals surface area (Å²) in [5, 5.41) is 19.0. The van der Waals surface area contributed by atoms with Crippen LogP contribution in [0.5, 0.6) is 0 Å². The van der Waals surface area contributed by atoms with E-state index in [1.807, 2.05) is 72.8 Å². The van der Waals surface area contributed by atoms with E-state index in [2.05, 4.69) is 0 Å². The summed E-state index contributed by atoms with van der Waals surface area (Å²) >= 11 is 0. The molecule has 2 N–H and O–H groups in total. The van der Waals surface area contributed by atoms with Gasteiger partial charge in [0.2, 0.25) is 0 Å². The zero-order chi connectivity index (χ0) is 22.5. The van der Waals surface area contributed by atoms with Gasteiger partial charge in [0.15, 0.2) is 0 Å². The third-order valence-electron chi connectivity index (χ3n) is 5.54. The highest BCUT2D eigenvalue weighted by atomic mass is 16.4. The summed E-state index contributed by atoms with van der Waals surface area (Å²) in [6.07, 6.45) is 1.16. The normalized spacial score (nSPS) is 10.6. The first-order chi connectivity index (χ1) is 15.5. The monoisotopic (exact) mass is 422 g/mol. The molecule has 0 aliphatic carbocycles. The fourth-order valence-electron chi connectivity index (χ4n) is 3.94. The molecule has 32 heavy (non-hydrogen) atoms. The summed E-state index contributed by atoms with van der Waals surface area (Å²) in [5.41, 5.74) is 6.29. The molecule has 0 bridgehead atoms. The fourth-order valence-corrected chi connectivity index (χ4v) is 3.94. The third-order valence-corrected chi connectivity index (χ3v) is 5.54. The second-order valence-electron chi connectivity index (χ2n) is 7.59. The van der Waals surface area contributed by atoms with Crippen molar-refractivity contribution >= 4 is 11.9 Å². The topological polar surface area (TPSA) is 74.6 Å². The van der Waals surface area contributed by atoms with Crippen molar-refractivity contribution in [2.45, 2.75) is 12.8 Å². The molecular formula is C28H22O4. The van der Waals surface area contributed by atoms with Gasteiger partial charge in [-0.3, -0.25) is 0 Å². The molecule has 0 heterocycles. The molecule has 0 unspecified atom stereocenters. The van der Waals surface area contributed by atoms with Gasteiger partial charge in [0.05, 0.1) is 11.1 Å². The SMILES string of the molecule is O=C(O)c1ccc(-c2ccccc2)c(CCc2cc(C(=O)O)ccc2-c2ccccc2)c1. The molecule has 0 fully saturated rings. The van der Waals surface area contributed by atoms with E-state index in [1.165, 1.54) is 0 Å². The molecule has 4 aromatic carbocycles. The third kappa shape index (κ3) is 4.60. The van der Waals surface area contributed by atoms with Crippen LogP contribution in [0, 0.1) is 0 Å². The minimum atomic E-state index is -0.969. The molecular weight excluding hydrogens is 400 g/mol. The Morgan fingerprint density at radius 3 is 1.25 bits per heavy atom. The smallest absolute Gasteiger partial charge is 0.335 e. The molecule has 158 valence electrons. The Morgan fingerprint density at radius 2 is 0.906 bits per heavy atom. The Hall–Kier alpha value is -4.18. The van der Waals surface area contributed by atoms with Crippen LogP contribution in [0.15, 0.2) is 97.1 Å². The summed E-state index contributed by atoms with van der Waals surface area (Å²) < 4.78 is 0. The lowest BCUT2D eigenvalue weighted by molar-refractivity contribution is 0.0686. The second kappa shape index (κ2) is 9.31. The van der Waals surface area contributed by atoms with E-state index in [4.69, 9.17) is 0 Å². The van der Waals surface area contributed by atoms with Crippen LogP contribution in [0.3, 0.4) is 0 Å². The van der Waals surface area contributed by atoms with Crippen LogP contribution in [0.4, 0.5) is 0 Å². The number of rotatable bonds is 7. The van der Waals surface area contributed by atoms with Crippen molar-refractivity contribution in [3.05, 3.63) is 119 Å². The number of aryl methyl sites for hydroxylation is 2. The number of carboxylic acid groups (broad SMARTS) is 2. The largest absolute Gasteiger partial charge is 0.478 e. The van der Waals surface area contributed by atoms with Gasteiger partial charge < -0.3 is 10.2 Å². The summed E-state index contributed by atoms with van der Waals surface area (Å²) in [5.74, 6) is -1.94. The summed E-state index contributed by atoms with van der Waals surface area (Å²) in [4.78, 5) is 23.1. The van der Waals surface area contributed by atoms with Crippen molar-refractivity contribution in [2.75, 3.05) is 0 Å². The molecule has 0 radical (unpaired) electrons. The minimum Gasteiger partial charge on any atom is -0.478 e. The van der Waals surface area contributed by atoms with Crippen molar-refractivity contribution in [3.8, 4) is 22.3 Å². The predicted octanol–water partition coefficient (Wildman–Crippen LogP) is 6.20. The molecule has 4 rings (SSSR count). The molecule has 0 atom stereocenters. The van der Waals surface area contributed by atoms with E-state index in [9.17, 15) is 19.8 Å². The van der Waals surface area contributed by atoms with Gasteiger partial charge in [0.1, 0.15) is 0 Å². The van der Waals surface area contributed by atoms with Gasteiger partial charge in [-0.25, -0.2) is 9.59 Å². The number of benzene rings is 4. The maximum absolute atomic E-state index is 11.6. The zero-order valence-electron chi connectivity index (χ0n) is 17.4. The Labute approximate surface area is 186 Å². The molecule has 0 aliphatic heterocycles. The summed E-state index contributed by atoms with van der Waals surface area (Å²) in [7, 11) is 0. The Morgan fingerprint density at radius 1 is 0.531 bits per heavy atom. The van der Waals surface area contributed by atoms with Crippen LogP contribution >= 0.6 is 0 Å². The number of carboxylic acids is 2. The fraction of sp³-hybridized carbons (Fsp3) is 0.0714. The average Bonchev–Trinajstić information content (AvgIpc) is 2.83. The van der Waals surface area contributed by atoms with Gasteiger partial charge >= 0.3 is 11.9 Å². The predicted molar refractivity (Wildman–Crippen MR) is 125 cm³/mol. The molecule has 0 aromatic heterocycles. The second-order valence-corrected chi connectivity index (χ2v) is 7.59. The standard InChI is InChI=1S/C28H22O4/c29-27(30)23-13-15-25(19-7-3-1-4-8-19)21(17-23)11-12-22-18-24(28(31)32)14-16-26(22)20-9-5-2-6-10-20/h1-10,13-18H,11-12H2,(H,29,30)(H,31,32). The van der Waals surface area contributed by atoms with Gasteiger partial charge in [-0.15, -0.1) is 0 Å². The summed E-state index contributed by atoms with van der Waals surface area (Å²) in [6.45, 7) is 0. The van der Waals surface area contributed by atoms with Gasteiger partial charge in [-0.1, -0.05) is 72.8 Å². The average molecular weight is 422 g/mol. The molecule has 0 saturated carbocycles. The Bertz CT molecular complexity index is 1160. The van der Waals surface area contributed by atoms with Crippen LogP contribution in [-0.2, 0) is 12.8 Å². The molecule has 4 aromatic rings. The molecule has 4 nitrogen and oxygen atoms in total. The van der Waals surface area contributed by atoms with Gasteiger partial charge in [-0.05, 0) is 70.5 Å². The zero-order valence-corrected chi connectivity index (χ0v) is 17.4. The quantitative estimate of drug-likeness (QED) is 0.372. The first-order valence-corrected chi connectivity index (χ1v) is 10.4. The highest BCUT2D eigenvalue weighted by molar-refractivity contribution is 5.90. The molecule has 0 amide bonds. The minimum absolute atomic E-state index is 0.238. The van der Waals surface area contributed by atoms with E-state index >= 15 is 0 Å². The molecule has 0 saturated heterocycles. The van der Waals surface area contributed by atoms with Gasteiger partial charge in [0, 0.05) is 0 Å². The van der Waals surface area contributed by atoms with Crippen molar-refractivity contribution in [2.24, 2.45) is 0 Å². The van der Waals surface area contributed by atoms with Crippen LogP contribution in [0.25, 0.3) is 22.3 Å².